The van der Waals surface area contributed by atoms with Crippen molar-refractivity contribution in [2.45, 2.75) is 32.3 Å². The summed E-state index contributed by atoms with van der Waals surface area (Å²) in [5, 5.41) is 10.0. The van der Waals surface area contributed by atoms with Crippen LogP contribution >= 0.6 is 11.6 Å². The molecule has 2 aromatic rings. The fourth-order valence-electron chi connectivity index (χ4n) is 2.36. The first kappa shape index (κ1) is 15.7. The van der Waals surface area contributed by atoms with E-state index in [1.54, 1.807) is 0 Å². The van der Waals surface area contributed by atoms with Crippen molar-refractivity contribution in [3.8, 4) is 0 Å². The summed E-state index contributed by atoms with van der Waals surface area (Å²) in [6.45, 7) is -0.0247. The number of ketones is 1. The zero-order valence-electron chi connectivity index (χ0n) is 11.9. The molecule has 2 rings (SSSR count). The fraction of sp³-hybridized carbons (Fsp3) is 0.278. The molecule has 1 N–H and O–H groups in total. The SMILES string of the molecule is O=C(CCCc1ccccc1Cl)Cc1ccccc1CO. The van der Waals surface area contributed by atoms with Gasteiger partial charge in [0.05, 0.1) is 6.61 Å². The zero-order valence-corrected chi connectivity index (χ0v) is 12.6. The van der Waals surface area contributed by atoms with Crippen molar-refractivity contribution < 1.29 is 9.90 Å². The summed E-state index contributed by atoms with van der Waals surface area (Å²) < 4.78 is 0. The van der Waals surface area contributed by atoms with Crippen molar-refractivity contribution in [2.75, 3.05) is 0 Å². The van der Waals surface area contributed by atoms with E-state index in [-0.39, 0.29) is 12.4 Å². The Balaban J connectivity index is 1.84. The first-order chi connectivity index (χ1) is 10.2. The molecule has 0 saturated carbocycles. The number of hydrogen-bond acceptors (Lipinski definition) is 2. The van der Waals surface area contributed by atoms with Crippen molar-refractivity contribution in [3.63, 3.8) is 0 Å². The molecule has 0 aliphatic rings. The number of carbonyl (C=O) groups is 1. The molecule has 2 aromatic carbocycles. The molecule has 0 bridgehead atoms. The van der Waals surface area contributed by atoms with E-state index < -0.39 is 0 Å². The average molecular weight is 303 g/mol. The number of rotatable bonds is 7. The van der Waals surface area contributed by atoms with Crippen molar-refractivity contribution in [3.05, 3.63) is 70.2 Å². The quantitative estimate of drug-likeness (QED) is 0.840. The molecule has 0 amide bonds. The topological polar surface area (TPSA) is 37.3 Å². The highest BCUT2D eigenvalue weighted by Crippen LogP contribution is 2.18. The van der Waals surface area contributed by atoms with Gasteiger partial charge in [0.15, 0.2) is 0 Å². The first-order valence-electron chi connectivity index (χ1n) is 7.13. The molecule has 2 nitrogen and oxygen atoms in total. The van der Waals surface area contributed by atoms with Crippen LogP contribution in [0.5, 0.6) is 0 Å². The van der Waals surface area contributed by atoms with Crippen LogP contribution in [0.25, 0.3) is 0 Å². The lowest BCUT2D eigenvalue weighted by molar-refractivity contribution is -0.118. The van der Waals surface area contributed by atoms with Crippen LogP contribution in [-0.2, 0) is 24.2 Å². The summed E-state index contributed by atoms with van der Waals surface area (Å²) in [7, 11) is 0. The maximum atomic E-state index is 12.0. The number of Topliss-reactive ketones (excluding diaryl/α,β-unsaturated/α-hetero) is 1. The second-order valence-electron chi connectivity index (χ2n) is 5.09. The zero-order chi connectivity index (χ0) is 15.1. The molecule has 0 saturated heterocycles. The van der Waals surface area contributed by atoms with E-state index >= 15 is 0 Å². The number of carbonyl (C=O) groups excluding carboxylic acids is 1. The van der Waals surface area contributed by atoms with Gasteiger partial charge in [0.2, 0.25) is 0 Å². The van der Waals surface area contributed by atoms with Gasteiger partial charge in [-0.15, -0.1) is 0 Å². The lowest BCUT2D eigenvalue weighted by atomic mass is 9.99. The number of aryl methyl sites for hydroxylation is 1. The van der Waals surface area contributed by atoms with Crippen molar-refractivity contribution in [2.24, 2.45) is 0 Å². The maximum absolute atomic E-state index is 12.0. The average Bonchev–Trinajstić information content (AvgIpc) is 2.50. The summed E-state index contributed by atoms with van der Waals surface area (Å²) >= 11 is 6.10. The molecule has 0 spiro atoms. The molecular formula is C18H19ClO2. The van der Waals surface area contributed by atoms with Crippen LogP contribution in [0.4, 0.5) is 0 Å². The molecule has 0 heterocycles. The molecule has 0 aliphatic heterocycles. The Labute approximate surface area is 130 Å². The van der Waals surface area contributed by atoms with Gasteiger partial charge in [0.1, 0.15) is 5.78 Å². The number of halogens is 1. The monoisotopic (exact) mass is 302 g/mol. The van der Waals surface area contributed by atoms with Gasteiger partial charge in [-0.3, -0.25) is 4.79 Å². The highest BCUT2D eigenvalue weighted by Gasteiger charge is 2.08. The van der Waals surface area contributed by atoms with Gasteiger partial charge in [0.25, 0.3) is 0 Å². The van der Waals surface area contributed by atoms with E-state index in [4.69, 9.17) is 11.6 Å². The Morgan fingerprint density at radius 1 is 0.952 bits per heavy atom. The fourth-order valence-corrected chi connectivity index (χ4v) is 2.59. The van der Waals surface area contributed by atoms with Crippen LogP contribution in [0.2, 0.25) is 5.02 Å². The number of aliphatic hydroxyl groups excluding tert-OH is 1. The third-order valence-electron chi connectivity index (χ3n) is 3.54. The van der Waals surface area contributed by atoms with Crippen LogP contribution in [0.15, 0.2) is 48.5 Å². The van der Waals surface area contributed by atoms with Crippen molar-refractivity contribution in [1.82, 2.24) is 0 Å². The molecular weight excluding hydrogens is 284 g/mol. The third kappa shape index (κ3) is 4.69. The lowest BCUT2D eigenvalue weighted by Gasteiger charge is -2.07. The second-order valence-corrected chi connectivity index (χ2v) is 5.49. The maximum Gasteiger partial charge on any atom is 0.137 e. The number of aliphatic hydroxyl groups is 1. The van der Waals surface area contributed by atoms with Crippen LogP contribution in [0, 0.1) is 0 Å². The Kier molecular flexibility index (Phi) is 5.97. The molecule has 110 valence electrons. The Bertz CT molecular complexity index is 608. The van der Waals surface area contributed by atoms with Gasteiger partial charge in [-0.1, -0.05) is 54.1 Å². The van der Waals surface area contributed by atoms with Gasteiger partial charge < -0.3 is 5.11 Å². The summed E-state index contributed by atoms with van der Waals surface area (Å²) in [5.41, 5.74) is 2.84. The second kappa shape index (κ2) is 7.96. The van der Waals surface area contributed by atoms with Crippen LogP contribution < -0.4 is 0 Å². The normalized spacial score (nSPS) is 10.6. The van der Waals surface area contributed by atoms with E-state index in [1.165, 1.54) is 0 Å². The minimum absolute atomic E-state index is 0.0247. The van der Waals surface area contributed by atoms with Crippen LogP contribution in [-0.4, -0.2) is 10.9 Å². The third-order valence-corrected chi connectivity index (χ3v) is 3.90. The smallest absolute Gasteiger partial charge is 0.137 e. The van der Waals surface area contributed by atoms with E-state index in [2.05, 4.69) is 0 Å². The Morgan fingerprint density at radius 3 is 2.24 bits per heavy atom. The summed E-state index contributed by atoms with van der Waals surface area (Å²) in [6, 6.07) is 15.2. The lowest BCUT2D eigenvalue weighted by Crippen LogP contribution is -2.06. The van der Waals surface area contributed by atoms with Gasteiger partial charge in [0, 0.05) is 17.9 Å². The van der Waals surface area contributed by atoms with Gasteiger partial charge in [-0.25, -0.2) is 0 Å². The standard InChI is InChI=1S/C18H19ClO2/c19-18-11-4-3-6-14(18)9-5-10-17(21)12-15-7-1-2-8-16(15)13-20/h1-4,6-8,11,20H,5,9-10,12-13H2. The van der Waals surface area contributed by atoms with E-state index in [1.807, 2.05) is 48.5 Å². The minimum atomic E-state index is -0.0247. The minimum Gasteiger partial charge on any atom is -0.392 e. The van der Waals surface area contributed by atoms with Gasteiger partial charge in [-0.2, -0.15) is 0 Å². The molecule has 0 atom stereocenters. The molecule has 3 heteroatoms. The largest absolute Gasteiger partial charge is 0.392 e. The van der Waals surface area contributed by atoms with Crippen LogP contribution in [0.1, 0.15) is 29.5 Å². The van der Waals surface area contributed by atoms with Gasteiger partial charge >= 0.3 is 0 Å². The predicted molar refractivity (Wildman–Crippen MR) is 85.5 cm³/mol. The molecule has 0 fully saturated rings. The molecule has 0 aliphatic carbocycles. The molecule has 0 unspecified atom stereocenters. The highest BCUT2D eigenvalue weighted by atomic mass is 35.5. The predicted octanol–water partition coefficient (Wildman–Crippen LogP) is 3.97. The van der Waals surface area contributed by atoms with E-state index in [0.717, 1.165) is 34.6 Å². The highest BCUT2D eigenvalue weighted by molar-refractivity contribution is 6.31. The number of hydrogen-bond donors (Lipinski definition) is 1. The summed E-state index contributed by atoms with van der Waals surface area (Å²) in [5.74, 6) is 0.197. The van der Waals surface area contributed by atoms with Crippen molar-refractivity contribution >= 4 is 17.4 Å². The summed E-state index contributed by atoms with van der Waals surface area (Å²) in [4.78, 5) is 12.0. The molecule has 21 heavy (non-hydrogen) atoms. The number of benzene rings is 2. The molecule has 0 aromatic heterocycles. The van der Waals surface area contributed by atoms with E-state index in [0.29, 0.717) is 12.8 Å². The van der Waals surface area contributed by atoms with Crippen LogP contribution in [0.3, 0.4) is 0 Å². The Hall–Kier alpha value is -1.64. The van der Waals surface area contributed by atoms with Crippen molar-refractivity contribution in [1.29, 1.82) is 0 Å². The summed E-state index contributed by atoms with van der Waals surface area (Å²) in [6.07, 6.45) is 2.53. The first-order valence-corrected chi connectivity index (χ1v) is 7.51. The van der Waals surface area contributed by atoms with Gasteiger partial charge in [-0.05, 0) is 35.6 Å². The molecule has 0 radical (unpaired) electrons. The van der Waals surface area contributed by atoms with E-state index in [9.17, 15) is 9.90 Å². The Morgan fingerprint density at radius 2 is 1.57 bits per heavy atom.